The van der Waals surface area contributed by atoms with E-state index in [1.54, 1.807) is 0 Å². The fourth-order valence-electron chi connectivity index (χ4n) is 2.69. The van der Waals surface area contributed by atoms with Crippen molar-refractivity contribution in [2.45, 2.75) is 52.8 Å². The molecule has 1 aromatic carbocycles. The summed E-state index contributed by atoms with van der Waals surface area (Å²) >= 11 is 0. The average molecular weight is 305 g/mol. The number of alkyl halides is 3. The number of rotatable bonds is 4. The van der Waals surface area contributed by atoms with Crippen LogP contribution in [0, 0.1) is 17.2 Å². The van der Waals surface area contributed by atoms with Gasteiger partial charge in [-0.05, 0) is 41.9 Å². The first-order chi connectivity index (χ1) is 9.40. The van der Waals surface area contributed by atoms with E-state index in [4.69, 9.17) is 5.73 Å². The lowest BCUT2D eigenvalue weighted by molar-refractivity contribution is -0.140. The van der Waals surface area contributed by atoms with Crippen molar-refractivity contribution in [1.29, 1.82) is 0 Å². The molecule has 0 aliphatic heterocycles. The molecule has 0 aliphatic carbocycles. The van der Waals surface area contributed by atoms with E-state index in [1.165, 1.54) is 6.07 Å². The molecule has 2 atom stereocenters. The molecule has 0 radical (unpaired) electrons. The zero-order valence-electron chi connectivity index (χ0n) is 12.9. The predicted octanol–water partition coefficient (Wildman–Crippen LogP) is 5.31. The number of hydrogen-bond donors (Lipinski definition) is 1. The van der Waals surface area contributed by atoms with Gasteiger partial charge in [0.15, 0.2) is 0 Å². The van der Waals surface area contributed by atoms with Crippen LogP contribution >= 0.6 is 0 Å². The van der Waals surface area contributed by atoms with E-state index in [1.807, 2.05) is 6.92 Å². The predicted molar refractivity (Wildman–Crippen MR) is 76.2 cm³/mol. The number of halogens is 4. The van der Waals surface area contributed by atoms with Crippen molar-refractivity contribution >= 4 is 0 Å². The first-order valence-electron chi connectivity index (χ1n) is 7.02. The van der Waals surface area contributed by atoms with E-state index < -0.39 is 23.6 Å². The average Bonchev–Trinajstić information content (AvgIpc) is 2.24. The summed E-state index contributed by atoms with van der Waals surface area (Å²) in [5.74, 6) is -0.986. The standard InChI is InChI=1S/C16H23F4N/c1-10(9-15(2,3)4)7-14(21)11-5-6-13(17)12(8-11)16(18,19)20/h5-6,8,10,14H,7,9,21H2,1-4H3. The molecule has 1 rings (SSSR count). The minimum Gasteiger partial charge on any atom is -0.324 e. The number of benzene rings is 1. The summed E-state index contributed by atoms with van der Waals surface area (Å²) in [7, 11) is 0. The van der Waals surface area contributed by atoms with Gasteiger partial charge in [-0.2, -0.15) is 13.2 Å². The van der Waals surface area contributed by atoms with Crippen LogP contribution in [0.5, 0.6) is 0 Å². The third kappa shape index (κ3) is 5.65. The molecule has 2 unspecified atom stereocenters. The van der Waals surface area contributed by atoms with E-state index in [0.717, 1.165) is 18.6 Å². The van der Waals surface area contributed by atoms with Crippen molar-refractivity contribution < 1.29 is 17.6 Å². The van der Waals surface area contributed by atoms with Gasteiger partial charge in [0, 0.05) is 6.04 Å². The van der Waals surface area contributed by atoms with Gasteiger partial charge in [-0.25, -0.2) is 4.39 Å². The van der Waals surface area contributed by atoms with Crippen molar-refractivity contribution in [2.24, 2.45) is 17.1 Å². The topological polar surface area (TPSA) is 26.0 Å². The summed E-state index contributed by atoms with van der Waals surface area (Å²) in [5, 5.41) is 0. The summed E-state index contributed by atoms with van der Waals surface area (Å²) in [6.07, 6.45) is -3.20. The van der Waals surface area contributed by atoms with Crippen LogP contribution in [-0.4, -0.2) is 0 Å². The van der Waals surface area contributed by atoms with Gasteiger partial charge in [0.1, 0.15) is 5.82 Å². The lowest BCUT2D eigenvalue weighted by atomic mass is 9.82. The van der Waals surface area contributed by atoms with Gasteiger partial charge >= 0.3 is 6.18 Å². The highest BCUT2D eigenvalue weighted by molar-refractivity contribution is 5.29. The van der Waals surface area contributed by atoms with E-state index in [9.17, 15) is 17.6 Å². The van der Waals surface area contributed by atoms with Crippen molar-refractivity contribution in [3.05, 3.63) is 35.1 Å². The van der Waals surface area contributed by atoms with E-state index in [2.05, 4.69) is 20.8 Å². The maximum absolute atomic E-state index is 13.3. The fraction of sp³-hybridized carbons (Fsp3) is 0.625. The third-order valence-electron chi connectivity index (χ3n) is 3.34. The van der Waals surface area contributed by atoms with E-state index in [-0.39, 0.29) is 11.3 Å². The summed E-state index contributed by atoms with van der Waals surface area (Å²) < 4.78 is 51.3. The van der Waals surface area contributed by atoms with Crippen molar-refractivity contribution in [2.75, 3.05) is 0 Å². The highest BCUT2D eigenvalue weighted by Gasteiger charge is 2.34. The molecule has 1 aromatic rings. The maximum atomic E-state index is 13.3. The fourth-order valence-corrected chi connectivity index (χ4v) is 2.69. The molecular formula is C16H23F4N. The van der Waals surface area contributed by atoms with Gasteiger partial charge in [0.25, 0.3) is 0 Å². The van der Waals surface area contributed by atoms with Crippen LogP contribution in [0.3, 0.4) is 0 Å². The minimum absolute atomic E-state index is 0.138. The molecule has 0 amide bonds. The largest absolute Gasteiger partial charge is 0.419 e. The quantitative estimate of drug-likeness (QED) is 0.750. The minimum atomic E-state index is -4.70. The molecule has 0 spiro atoms. The van der Waals surface area contributed by atoms with Crippen molar-refractivity contribution in [3.63, 3.8) is 0 Å². The van der Waals surface area contributed by atoms with Gasteiger partial charge < -0.3 is 5.73 Å². The van der Waals surface area contributed by atoms with Crippen molar-refractivity contribution in [3.8, 4) is 0 Å². The Morgan fingerprint density at radius 3 is 2.19 bits per heavy atom. The maximum Gasteiger partial charge on any atom is 0.419 e. The van der Waals surface area contributed by atoms with Crippen LogP contribution < -0.4 is 5.73 Å². The molecule has 21 heavy (non-hydrogen) atoms. The first kappa shape index (κ1) is 18.0. The van der Waals surface area contributed by atoms with Gasteiger partial charge in [0.2, 0.25) is 0 Å². The molecule has 0 aromatic heterocycles. The normalized spacial score (nSPS) is 15.9. The Balaban J connectivity index is 2.86. The first-order valence-corrected chi connectivity index (χ1v) is 7.02. The van der Waals surface area contributed by atoms with Crippen LogP contribution in [-0.2, 0) is 6.18 Å². The second kappa shape index (κ2) is 6.34. The Kier molecular flexibility index (Phi) is 5.42. The van der Waals surface area contributed by atoms with Gasteiger partial charge in [-0.3, -0.25) is 0 Å². The molecule has 0 fully saturated rings. The van der Waals surface area contributed by atoms with Crippen molar-refractivity contribution in [1.82, 2.24) is 0 Å². The lowest BCUT2D eigenvalue weighted by Crippen LogP contribution is -2.19. The number of nitrogens with two attached hydrogens (primary N) is 1. The summed E-state index contributed by atoms with van der Waals surface area (Å²) in [6, 6.07) is 2.47. The van der Waals surface area contributed by atoms with Gasteiger partial charge in [-0.1, -0.05) is 33.8 Å². The molecule has 0 saturated carbocycles. The second-order valence-corrected chi connectivity index (χ2v) is 6.95. The summed E-state index contributed by atoms with van der Waals surface area (Å²) in [5.41, 5.74) is 5.20. The molecule has 2 N–H and O–H groups in total. The molecule has 0 bridgehead atoms. The van der Waals surface area contributed by atoms with Crippen LogP contribution in [0.2, 0.25) is 0 Å². The molecular weight excluding hydrogens is 282 g/mol. The van der Waals surface area contributed by atoms with Gasteiger partial charge in [0.05, 0.1) is 5.56 Å². The summed E-state index contributed by atoms with van der Waals surface area (Å²) in [4.78, 5) is 0. The Labute approximate surface area is 123 Å². The summed E-state index contributed by atoms with van der Waals surface area (Å²) in [6.45, 7) is 8.34. The SMILES string of the molecule is CC(CC(N)c1ccc(F)c(C(F)(F)F)c1)CC(C)(C)C. The Bertz CT molecular complexity index is 474. The lowest BCUT2D eigenvalue weighted by Gasteiger charge is -2.25. The van der Waals surface area contributed by atoms with E-state index >= 15 is 0 Å². The third-order valence-corrected chi connectivity index (χ3v) is 3.34. The Morgan fingerprint density at radius 1 is 1.14 bits per heavy atom. The molecule has 0 saturated heterocycles. The van der Waals surface area contributed by atoms with Crippen LogP contribution in [0.1, 0.15) is 57.7 Å². The molecule has 0 heterocycles. The zero-order chi connectivity index (χ0) is 16.4. The molecule has 120 valence electrons. The zero-order valence-corrected chi connectivity index (χ0v) is 12.9. The second-order valence-electron chi connectivity index (χ2n) is 6.95. The van der Waals surface area contributed by atoms with E-state index in [0.29, 0.717) is 12.0 Å². The molecule has 0 aliphatic rings. The highest BCUT2D eigenvalue weighted by atomic mass is 19.4. The Hall–Kier alpha value is -1.10. The van der Waals surface area contributed by atoms with Gasteiger partial charge in [-0.15, -0.1) is 0 Å². The monoisotopic (exact) mass is 305 g/mol. The Morgan fingerprint density at radius 2 is 1.71 bits per heavy atom. The van der Waals surface area contributed by atoms with Crippen LogP contribution in [0.15, 0.2) is 18.2 Å². The van der Waals surface area contributed by atoms with Crippen LogP contribution in [0.4, 0.5) is 17.6 Å². The van der Waals surface area contributed by atoms with Crippen LogP contribution in [0.25, 0.3) is 0 Å². The number of hydrogen-bond acceptors (Lipinski definition) is 1. The molecule has 1 nitrogen and oxygen atoms in total. The smallest absolute Gasteiger partial charge is 0.324 e. The molecule has 5 heteroatoms. The highest BCUT2D eigenvalue weighted by Crippen LogP contribution is 2.34.